The molecule has 1 heterocycles. The number of halogens is 1. The number of ether oxygens (including phenoxy) is 1. The largest absolute Gasteiger partial charge is 0.497 e. The number of benzene rings is 1. The van der Waals surface area contributed by atoms with Crippen molar-refractivity contribution in [2.45, 2.75) is 31.8 Å². The van der Waals surface area contributed by atoms with Crippen LogP contribution in [0.5, 0.6) is 5.75 Å². The minimum Gasteiger partial charge on any atom is -0.497 e. The van der Waals surface area contributed by atoms with Crippen molar-refractivity contribution in [2.75, 3.05) is 20.2 Å². The SMILES string of the molecule is COc1cccc(C(C)N2CCC(N)CC2)c1.Cl. The Hall–Kier alpha value is -0.770. The van der Waals surface area contributed by atoms with Crippen molar-refractivity contribution < 1.29 is 4.74 Å². The molecule has 0 saturated carbocycles. The Morgan fingerprint density at radius 3 is 2.61 bits per heavy atom. The van der Waals surface area contributed by atoms with E-state index < -0.39 is 0 Å². The van der Waals surface area contributed by atoms with Crippen LogP contribution in [-0.4, -0.2) is 31.1 Å². The second-order valence-corrected chi connectivity index (χ2v) is 4.83. The molecule has 0 aromatic heterocycles. The summed E-state index contributed by atoms with van der Waals surface area (Å²) >= 11 is 0. The van der Waals surface area contributed by atoms with Crippen LogP contribution >= 0.6 is 12.4 Å². The summed E-state index contributed by atoms with van der Waals surface area (Å²) in [6.45, 7) is 4.45. The van der Waals surface area contributed by atoms with Crippen molar-refractivity contribution in [3.8, 4) is 5.75 Å². The maximum atomic E-state index is 5.93. The standard InChI is InChI=1S/C14H22N2O.ClH/c1-11(16-8-6-13(15)7-9-16)12-4-3-5-14(10-12)17-2;/h3-5,10-11,13H,6-9,15H2,1-2H3;1H. The number of methoxy groups -OCH3 is 1. The van der Waals surface area contributed by atoms with E-state index in [1.165, 1.54) is 5.56 Å². The molecule has 4 heteroatoms. The Morgan fingerprint density at radius 2 is 2.00 bits per heavy atom. The van der Waals surface area contributed by atoms with E-state index in [0.29, 0.717) is 12.1 Å². The third-order valence-corrected chi connectivity index (χ3v) is 3.70. The summed E-state index contributed by atoms with van der Waals surface area (Å²) in [6, 6.07) is 9.17. The lowest BCUT2D eigenvalue weighted by molar-refractivity contribution is 0.163. The number of likely N-dealkylation sites (tertiary alicyclic amines) is 1. The number of hydrogen-bond acceptors (Lipinski definition) is 3. The van der Waals surface area contributed by atoms with Crippen molar-refractivity contribution in [3.05, 3.63) is 29.8 Å². The van der Waals surface area contributed by atoms with Crippen LogP contribution in [0.15, 0.2) is 24.3 Å². The smallest absolute Gasteiger partial charge is 0.119 e. The fourth-order valence-electron chi connectivity index (χ4n) is 2.42. The summed E-state index contributed by atoms with van der Waals surface area (Å²) < 4.78 is 5.27. The highest BCUT2D eigenvalue weighted by Crippen LogP contribution is 2.26. The predicted molar refractivity (Wildman–Crippen MR) is 77.4 cm³/mol. The molecule has 1 aliphatic heterocycles. The van der Waals surface area contributed by atoms with Crippen molar-refractivity contribution in [3.63, 3.8) is 0 Å². The fraction of sp³-hybridized carbons (Fsp3) is 0.571. The van der Waals surface area contributed by atoms with Gasteiger partial charge in [-0.05, 0) is 37.5 Å². The number of hydrogen-bond donors (Lipinski definition) is 1. The van der Waals surface area contributed by atoms with Gasteiger partial charge in [0, 0.05) is 25.2 Å². The topological polar surface area (TPSA) is 38.5 Å². The maximum absolute atomic E-state index is 5.93. The van der Waals surface area contributed by atoms with E-state index in [1.54, 1.807) is 7.11 Å². The Labute approximate surface area is 116 Å². The minimum atomic E-state index is 0. The van der Waals surface area contributed by atoms with Gasteiger partial charge in [-0.25, -0.2) is 0 Å². The average Bonchev–Trinajstić information content (AvgIpc) is 2.39. The first kappa shape index (κ1) is 15.3. The normalized spacial score (nSPS) is 19.1. The Morgan fingerprint density at radius 1 is 1.33 bits per heavy atom. The summed E-state index contributed by atoms with van der Waals surface area (Å²) in [5.41, 5.74) is 7.25. The summed E-state index contributed by atoms with van der Waals surface area (Å²) in [7, 11) is 1.71. The highest BCUT2D eigenvalue weighted by atomic mass is 35.5. The molecule has 102 valence electrons. The van der Waals surface area contributed by atoms with Crippen LogP contribution in [0.3, 0.4) is 0 Å². The first-order valence-corrected chi connectivity index (χ1v) is 6.34. The lowest BCUT2D eigenvalue weighted by atomic mass is 10.0. The molecule has 0 aliphatic carbocycles. The molecule has 0 amide bonds. The second kappa shape index (κ2) is 6.98. The van der Waals surface area contributed by atoms with E-state index in [9.17, 15) is 0 Å². The Balaban J connectivity index is 0.00000162. The third kappa shape index (κ3) is 3.61. The molecule has 1 fully saturated rings. The first-order chi connectivity index (χ1) is 8.20. The van der Waals surface area contributed by atoms with E-state index in [2.05, 4.69) is 30.0 Å². The summed E-state index contributed by atoms with van der Waals surface area (Å²) in [6.07, 6.45) is 2.21. The van der Waals surface area contributed by atoms with Gasteiger partial charge in [0.15, 0.2) is 0 Å². The number of rotatable bonds is 3. The molecule has 1 aromatic carbocycles. The van der Waals surface area contributed by atoms with Crippen LogP contribution in [0.4, 0.5) is 0 Å². The number of nitrogens with zero attached hydrogens (tertiary/aromatic N) is 1. The molecule has 0 spiro atoms. The minimum absolute atomic E-state index is 0. The molecular formula is C14H23ClN2O. The van der Waals surface area contributed by atoms with Gasteiger partial charge in [-0.15, -0.1) is 12.4 Å². The zero-order chi connectivity index (χ0) is 12.3. The van der Waals surface area contributed by atoms with Gasteiger partial charge >= 0.3 is 0 Å². The number of piperidine rings is 1. The van der Waals surface area contributed by atoms with E-state index in [0.717, 1.165) is 31.7 Å². The van der Waals surface area contributed by atoms with Crippen molar-refractivity contribution in [1.82, 2.24) is 4.90 Å². The highest BCUT2D eigenvalue weighted by molar-refractivity contribution is 5.85. The lowest BCUT2D eigenvalue weighted by Gasteiger charge is -2.35. The van der Waals surface area contributed by atoms with Gasteiger partial charge in [-0.3, -0.25) is 4.90 Å². The van der Waals surface area contributed by atoms with E-state index in [-0.39, 0.29) is 12.4 Å². The van der Waals surface area contributed by atoms with Crippen LogP contribution in [0.1, 0.15) is 31.4 Å². The molecular weight excluding hydrogens is 248 g/mol. The monoisotopic (exact) mass is 270 g/mol. The van der Waals surface area contributed by atoms with Gasteiger partial charge in [0.25, 0.3) is 0 Å². The van der Waals surface area contributed by atoms with Crippen LogP contribution in [0.25, 0.3) is 0 Å². The highest BCUT2D eigenvalue weighted by Gasteiger charge is 2.21. The van der Waals surface area contributed by atoms with Crippen LogP contribution < -0.4 is 10.5 Å². The van der Waals surface area contributed by atoms with Crippen molar-refractivity contribution >= 4 is 12.4 Å². The van der Waals surface area contributed by atoms with Crippen LogP contribution in [0, 0.1) is 0 Å². The summed E-state index contributed by atoms with van der Waals surface area (Å²) in [5.74, 6) is 0.933. The van der Waals surface area contributed by atoms with Crippen molar-refractivity contribution in [2.24, 2.45) is 5.73 Å². The second-order valence-electron chi connectivity index (χ2n) is 4.83. The summed E-state index contributed by atoms with van der Waals surface area (Å²) in [4.78, 5) is 2.50. The molecule has 0 bridgehead atoms. The van der Waals surface area contributed by atoms with Gasteiger partial charge in [0.05, 0.1) is 7.11 Å². The molecule has 1 atom stereocenters. The van der Waals surface area contributed by atoms with Gasteiger partial charge in [0.1, 0.15) is 5.75 Å². The third-order valence-electron chi connectivity index (χ3n) is 3.70. The van der Waals surface area contributed by atoms with Gasteiger partial charge in [0.2, 0.25) is 0 Å². The molecule has 0 radical (unpaired) electrons. The molecule has 1 aromatic rings. The molecule has 2 N–H and O–H groups in total. The van der Waals surface area contributed by atoms with Gasteiger partial charge in [-0.2, -0.15) is 0 Å². The zero-order valence-electron chi connectivity index (χ0n) is 11.1. The first-order valence-electron chi connectivity index (χ1n) is 6.34. The zero-order valence-corrected chi connectivity index (χ0v) is 12.0. The average molecular weight is 271 g/mol. The van der Waals surface area contributed by atoms with Crippen LogP contribution in [-0.2, 0) is 0 Å². The van der Waals surface area contributed by atoms with Crippen LogP contribution in [0.2, 0.25) is 0 Å². The molecule has 1 unspecified atom stereocenters. The van der Waals surface area contributed by atoms with E-state index in [1.807, 2.05) is 6.07 Å². The Bertz CT molecular complexity index is 365. The van der Waals surface area contributed by atoms with Crippen molar-refractivity contribution in [1.29, 1.82) is 0 Å². The molecule has 1 aliphatic rings. The quantitative estimate of drug-likeness (QED) is 0.918. The molecule has 18 heavy (non-hydrogen) atoms. The molecule has 2 rings (SSSR count). The van der Waals surface area contributed by atoms with Gasteiger partial charge < -0.3 is 10.5 Å². The Kier molecular flexibility index (Phi) is 5.93. The van der Waals surface area contributed by atoms with Gasteiger partial charge in [-0.1, -0.05) is 12.1 Å². The number of nitrogens with two attached hydrogens (primary N) is 1. The maximum Gasteiger partial charge on any atom is 0.119 e. The lowest BCUT2D eigenvalue weighted by Crippen LogP contribution is -2.40. The van der Waals surface area contributed by atoms with E-state index >= 15 is 0 Å². The van der Waals surface area contributed by atoms with E-state index in [4.69, 9.17) is 10.5 Å². The fourth-order valence-corrected chi connectivity index (χ4v) is 2.42. The molecule has 1 saturated heterocycles. The predicted octanol–water partition coefficient (Wildman–Crippen LogP) is 2.60. The molecule has 3 nitrogen and oxygen atoms in total. The summed E-state index contributed by atoms with van der Waals surface area (Å²) in [5, 5.41) is 0.